The van der Waals surface area contributed by atoms with Gasteiger partial charge in [0.2, 0.25) is 10.0 Å². The Kier molecular flexibility index (Phi) is 5.28. The smallest absolute Gasteiger partial charge is 0.321 e. The van der Waals surface area contributed by atoms with Gasteiger partial charge < -0.3 is 5.32 Å². The number of halogens is 1. The molecule has 3 rings (SSSR count). The lowest BCUT2D eigenvalue weighted by atomic mass is 10.2. The highest BCUT2D eigenvalue weighted by molar-refractivity contribution is 7.88. The largest absolute Gasteiger partial charge is 0.334 e. The normalized spacial score (nSPS) is 14.8. The summed E-state index contributed by atoms with van der Waals surface area (Å²) >= 11 is 7.12. The molecule has 2 N–H and O–H groups in total. The zero-order valence-corrected chi connectivity index (χ0v) is 15.8. The zero-order valence-electron chi connectivity index (χ0n) is 13.5. The fourth-order valence-electron chi connectivity index (χ4n) is 2.43. The van der Waals surface area contributed by atoms with Crippen molar-refractivity contribution in [1.82, 2.24) is 14.6 Å². The molecule has 0 aliphatic carbocycles. The number of nitrogens with one attached hydrogen (secondary N) is 2. The van der Waals surface area contributed by atoms with E-state index in [9.17, 15) is 13.2 Å². The molecule has 25 heavy (non-hydrogen) atoms. The van der Waals surface area contributed by atoms with E-state index in [1.54, 1.807) is 12.1 Å². The minimum atomic E-state index is -3.22. The van der Waals surface area contributed by atoms with E-state index in [0.29, 0.717) is 36.2 Å². The third kappa shape index (κ3) is 4.69. The molecular formula is C15H17ClN4O3S2. The lowest BCUT2D eigenvalue weighted by molar-refractivity contribution is 0.251. The molecule has 1 aromatic heterocycles. The summed E-state index contributed by atoms with van der Waals surface area (Å²) in [5, 5.41) is 6.56. The summed E-state index contributed by atoms with van der Waals surface area (Å²) in [5.41, 5.74) is 1.78. The summed E-state index contributed by atoms with van der Waals surface area (Å²) in [6, 6.07) is 6.84. The van der Waals surface area contributed by atoms with Crippen molar-refractivity contribution in [3.05, 3.63) is 45.4 Å². The van der Waals surface area contributed by atoms with E-state index < -0.39 is 10.0 Å². The summed E-state index contributed by atoms with van der Waals surface area (Å²) < 4.78 is 24.7. The Morgan fingerprint density at radius 2 is 2.08 bits per heavy atom. The molecule has 1 aromatic carbocycles. The van der Waals surface area contributed by atoms with Crippen LogP contribution in [0.25, 0.3) is 0 Å². The minimum absolute atomic E-state index is 0.305. The Morgan fingerprint density at radius 1 is 1.36 bits per heavy atom. The first-order chi connectivity index (χ1) is 11.8. The second-order valence-corrected chi connectivity index (χ2v) is 9.17. The molecule has 0 fully saturated rings. The average Bonchev–Trinajstić information content (AvgIpc) is 2.94. The number of benzene rings is 1. The second-order valence-electron chi connectivity index (χ2n) is 5.67. The van der Waals surface area contributed by atoms with Gasteiger partial charge in [-0.05, 0) is 17.7 Å². The topological polar surface area (TPSA) is 91.4 Å². The molecule has 2 aromatic rings. The molecule has 1 aliphatic rings. The maximum Gasteiger partial charge on any atom is 0.321 e. The van der Waals surface area contributed by atoms with Crippen molar-refractivity contribution >= 4 is 44.1 Å². The van der Waals surface area contributed by atoms with Crippen LogP contribution in [0.2, 0.25) is 5.02 Å². The monoisotopic (exact) mass is 400 g/mol. The Bertz CT molecular complexity index is 881. The molecule has 2 heterocycles. The third-order valence-electron chi connectivity index (χ3n) is 3.75. The van der Waals surface area contributed by atoms with Gasteiger partial charge in [0.25, 0.3) is 0 Å². The van der Waals surface area contributed by atoms with E-state index in [2.05, 4.69) is 15.6 Å². The molecule has 0 atom stereocenters. The van der Waals surface area contributed by atoms with Gasteiger partial charge in [0.1, 0.15) is 0 Å². The highest BCUT2D eigenvalue weighted by Crippen LogP contribution is 2.29. The predicted molar refractivity (Wildman–Crippen MR) is 98.4 cm³/mol. The summed E-state index contributed by atoms with van der Waals surface area (Å²) in [5.74, 6) is 0. The molecule has 0 unspecified atom stereocenters. The van der Waals surface area contributed by atoms with Crippen molar-refractivity contribution in [2.45, 2.75) is 19.5 Å². The molecular weight excluding hydrogens is 384 g/mol. The average molecular weight is 401 g/mol. The SMILES string of the molecule is CS(=O)(=O)N1CCc2nc(NC(=O)NCc3ccc(Cl)cc3)sc2C1. The van der Waals surface area contributed by atoms with E-state index in [4.69, 9.17) is 11.6 Å². The number of urea groups is 1. The molecule has 0 bridgehead atoms. The summed E-state index contributed by atoms with van der Waals surface area (Å²) in [7, 11) is -3.22. The van der Waals surface area contributed by atoms with Gasteiger partial charge in [-0.15, -0.1) is 0 Å². The van der Waals surface area contributed by atoms with Crippen LogP contribution >= 0.6 is 22.9 Å². The molecule has 2 amide bonds. The quantitative estimate of drug-likeness (QED) is 0.824. The number of anilines is 1. The maximum atomic E-state index is 12.0. The van der Waals surface area contributed by atoms with Gasteiger partial charge in [-0.1, -0.05) is 35.1 Å². The van der Waals surface area contributed by atoms with Crippen LogP contribution in [0.3, 0.4) is 0 Å². The van der Waals surface area contributed by atoms with Crippen LogP contribution in [0.4, 0.5) is 9.93 Å². The molecule has 1 aliphatic heterocycles. The van der Waals surface area contributed by atoms with Gasteiger partial charge in [-0.2, -0.15) is 4.31 Å². The predicted octanol–water partition coefficient (Wildman–Crippen LogP) is 2.44. The van der Waals surface area contributed by atoms with E-state index in [0.717, 1.165) is 16.1 Å². The standard InChI is InChI=1S/C15H17ClN4O3S2/c1-25(22,23)20-7-6-12-13(9-20)24-15(18-12)19-14(21)17-8-10-2-4-11(16)5-3-10/h2-5H,6-9H2,1H3,(H2,17,18,19,21). The number of sulfonamides is 1. The first kappa shape index (κ1) is 18.1. The van der Waals surface area contributed by atoms with Crippen LogP contribution in [0.1, 0.15) is 16.1 Å². The van der Waals surface area contributed by atoms with Crippen molar-refractivity contribution < 1.29 is 13.2 Å². The van der Waals surface area contributed by atoms with Crippen LogP contribution in [-0.4, -0.2) is 36.5 Å². The first-order valence-electron chi connectivity index (χ1n) is 7.54. The molecule has 7 nitrogen and oxygen atoms in total. The van der Waals surface area contributed by atoms with Gasteiger partial charge >= 0.3 is 6.03 Å². The van der Waals surface area contributed by atoms with Gasteiger partial charge in [0.15, 0.2) is 5.13 Å². The van der Waals surface area contributed by atoms with Crippen molar-refractivity contribution in [3.8, 4) is 0 Å². The number of hydrogen-bond acceptors (Lipinski definition) is 5. The number of thiazole rings is 1. The van der Waals surface area contributed by atoms with E-state index in [1.165, 1.54) is 21.9 Å². The van der Waals surface area contributed by atoms with Crippen LogP contribution < -0.4 is 10.6 Å². The zero-order chi connectivity index (χ0) is 18.0. The number of carbonyl (C=O) groups is 1. The van der Waals surface area contributed by atoms with Crippen molar-refractivity contribution in [1.29, 1.82) is 0 Å². The van der Waals surface area contributed by atoms with Crippen molar-refractivity contribution in [2.75, 3.05) is 18.1 Å². The lowest BCUT2D eigenvalue weighted by Gasteiger charge is -2.23. The number of carbonyl (C=O) groups excluding carboxylic acids is 1. The number of amides is 2. The van der Waals surface area contributed by atoms with Crippen LogP contribution in [0, 0.1) is 0 Å². The molecule has 0 saturated heterocycles. The maximum absolute atomic E-state index is 12.0. The molecule has 0 radical (unpaired) electrons. The number of fused-ring (bicyclic) bond motifs is 1. The Balaban J connectivity index is 1.58. The van der Waals surface area contributed by atoms with E-state index >= 15 is 0 Å². The van der Waals surface area contributed by atoms with Gasteiger partial charge in [-0.25, -0.2) is 18.2 Å². The Hall–Kier alpha value is -1.68. The number of hydrogen-bond donors (Lipinski definition) is 2. The molecule has 0 spiro atoms. The Labute approximate surface area is 155 Å². The van der Waals surface area contributed by atoms with Crippen LogP contribution in [-0.2, 0) is 29.5 Å². The van der Waals surface area contributed by atoms with E-state index in [1.807, 2.05) is 12.1 Å². The summed E-state index contributed by atoms with van der Waals surface area (Å²) in [6.45, 7) is 1.09. The van der Waals surface area contributed by atoms with Crippen LogP contribution in [0.5, 0.6) is 0 Å². The number of nitrogens with zero attached hydrogens (tertiary/aromatic N) is 2. The number of aromatic nitrogens is 1. The van der Waals surface area contributed by atoms with Crippen LogP contribution in [0.15, 0.2) is 24.3 Å². The third-order valence-corrected chi connectivity index (χ3v) is 6.25. The number of rotatable bonds is 4. The fourth-order valence-corrected chi connectivity index (χ4v) is 4.45. The second kappa shape index (κ2) is 7.28. The van der Waals surface area contributed by atoms with Gasteiger partial charge in [0, 0.05) is 36.0 Å². The molecule has 134 valence electrons. The first-order valence-corrected chi connectivity index (χ1v) is 10.6. The minimum Gasteiger partial charge on any atom is -0.334 e. The van der Waals surface area contributed by atoms with Gasteiger partial charge in [-0.3, -0.25) is 5.32 Å². The van der Waals surface area contributed by atoms with Crippen molar-refractivity contribution in [2.24, 2.45) is 0 Å². The van der Waals surface area contributed by atoms with Crippen molar-refractivity contribution in [3.63, 3.8) is 0 Å². The molecule has 10 heteroatoms. The fraction of sp³-hybridized carbons (Fsp3) is 0.333. The van der Waals surface area contributed by atoms with Gasteiger partial charge in [0.05, 0.1) is 11.9 Å². The lowest BCUT2D eigenvalue weighted by Crippen LogP contribution is -2.34. The van der Waals surface area contributed by atoms with E-state index in [-0.39, 0.29) is 6.03 Å². The highest BCUT2D eigenvalue weighted by atomic mass is 35.5. The molecule has 0 saturated carbocycles. The summed E-state index contributed by atoms with van der Waals surface area (Å²) in [6.07, 6.45) is 1.75. The highest BCUT2D eigenvalue weighted by Gasteiger charge is 2.26. The Morgan fingerprint density at radius 3 is 2.76 bits per heavy atom. The summed E-state index contributed by atoms with van der Waals surface area (Å²) in [4.78, 5) is 17.2.